The van der Waals surface area contributed by atoms with Gasteiger partial charge in [0, 0.05) is 0 Å². The second-order valence-corrected chi connectivity index (χ2v) is 2.09. The number of hydrogen-bond donors (Lipinski definition) is 1. The van der Waals surface area contributed by atoms with Crippen LogP contribution in [0.2, 0.25) is 0 Å². The average molecular weight is 234 g/mol. The van der Waals surface area contributed by atoms with Crippen molar-refractivity contribution in [3.05, 3.63) is 35.9 Å². The van der Waals surface area contributed by atoms with E-state index in [-0.39, 0.29) is 51.4 Å². The van der Waals surface area contributed by atoms with Crippen LogP contribution in [-0.2, 0) is 11.4 Å². The molecule has 7 heteroatoms. The van der Waals surface area contributed by atoms with Gasteiger partial charge in [0.1, 0.15) is 11.6 Å². The summed E-state index contributed by atoms with van der Waals surface area (Å²) in [5, 5.41) is 0. The van der Waals surface area contributed by atoms with Gasteiger partial charge in [-0.3, -0.25) is 0 Å². The SMILES string of the molecule is Fc1ccc(F)cc1.O=S([O-])O.[K+]. The Labute approximate surface area is 119 Å². The maximum atomic E-state index is 11.9. The van der Waals surface area contributed by atoms with Crippen LogP contribution in [0, 0.1) is 11.6 Å². The molecule has 0 amide bonds. The maximum absolute atomic E-state index is 11.9. The zero-order valence-corrected chi connectivity index (χ0v) is 10.7. The number of halogens is 2. The molecule has 0 heterocycles. The topological polar surface area (TPSA) is 60.4 Å². The van der Waals surface area contributed by atoms with Crippen molar-refractivity contribution < 1.29 is 73.5 Å². The summed E-state index contributed by atoms with van der Waals surface area (Å²) in [5.74, 6) is -0.821. The van der Waals surface area contributed by atoms with E-state index >= 15 is 0 Å². The van der Waals surface area contributed by atoms with Crippen LogP contribution < -0.4 is 51.4 Å². The molecule has 0 saturated heterocycles. The fourth-order valence-corrected chi connectivity index (χ4v) is 0.430. The molecule has 0 spiro atoms. The van der Waals surface area contributed by atoms with E-state index in [0.717, 1.165) is 24.3 Å². The molecular weight excluding hydrogens is 229 g/mol. The van der Waals surface area contributed by atoms with Crippen LogP contribution in [0.4, 0.5) is 8.78 Å². The monoisotopic (exact) mass is 234 g/mol. The average Bonchev–Trinajstić information content (AvgIpc) is 1.94. The molecule has 1 aromatic carbocycles. The molecule has 3 nitrogen and oxygen atoms in total. The van der Waals surface area contributed by atoms with Gasteiger partial charge in [-0.05, 0) is 24.3 Å². The van der Waals surface area contributed by atoms with Crippen molar-refractivity contribution >= 4 is 11.4 Å². The minimum atomic E-state index is -2.86. The van der Waals surface area contributed by atoms with Gasteiger partial charge in [0.15, 0.2) is 0 Å². The quantitative estimate of drug-likeness (QED) is 0.430. The first-order valence-corrected chi connectivity index (χ1v) is 3.75. The minimum absolute atomic E-state index is 0. The smallest absolute Gasteiger partial charge is 0.750 e. The third kappa shape index (κ3) is 12.8. The van der Waals surface area contributed by atoms with Gasteiger partial charge < -0.3 is 9.11 Å². The van der Waals surface area contributed by atoms with Crippen LogP contribution in [0.15, 0.2) is 24.3 Å². The standard InChI is InChI=1S/C6H4F2.K.H2O3S/c7-5-1-2-6(8)4-3-5;;1-4(2)3/h1-4H;;(H2,1,2,3)/q;+1;/p-1. The van der Waals surface area contributed by atoms with E-state index in [9.17, 15) is 8.78 Å². The number of hydrogen-bond acceptors (Lipinski definition) is 2. The van der Waals surface area contributed by atoms with E-state index in [4.69, 9.17) is 13.3 Å². The fourth-order valence-electron chi connectivity index (χ4n) is 0.430. The van der Waals surface area contributed by atoms with Crippen molar-refractivity contribution in [1.29, 1.82) is 0 Å². The first-order valence-electron chi connectivity index (χ1n) is 2.72. The molecule has 0 aliphatic heterocycles. The molecule has 0 aliphatic carbocycles. The molecule has 1 aromatic rings. The Morgan fingerprint density at radius 2 is 1.31 bits per heavy atom. The molecule has 1 atom stereocenters. The molecular formula is C6H5F2KO3S. The van der Waals surface area contributed by atoms with Gasteiger partial charge in [-0.1, -0.05) is 0 Å². The van der Waals surface area contributed by atoms with Crippen molar-refractivity contribution in [2.45, 2.75) is 0 Å². The van der Waals surface area contributed by atoms with E-state index in [1.54, 1.807) is 0 Å². The Bertz CT molecular complexity index is 230. The minimum Gasteiger partial charge on any atom is -0.750 e. The van der Waals surface area contributed by atoms with Crippen LogP contribution >= 0.6 is 0 Å². The van der Waals surface area contributed by atoms with Gasteiger partial charge in [-0.2, -0.15) is 0 Å². The molecule has 68 valence electrons. The van der Waals surface area contributed by atoms with E-state index in [1.807, 2.05) is 0 Å². The zero-order chi connectivity index (χ0) is 9.56. The zero-order valence-electron chi connectivity index (χ0n) is 6.74. The summed E-state index contributed by atoms with van der Waals surface area (Å²) < 4.78 is 47.9. The van der Waals surface area contributed by atoms with E-state index < -0.39 is 23.0 Å². The van der Waals surface area contributed by atoms with Gasteiger partial charge in [0.05, 0.1) is 11.4 Å². The van der Waals surface area contributed by atoms with Gasteiger partial charge in [-0.25, -0.2) is 13.0 Å². The third-order valence-electron chi connectivity index (χ3n) is 0.804. The van der Waals surface area contributed by atoms with Crippen molar-refractivity contribution in [1.82, 2.24) is 0 Å². The van der Waals surface area contributed by atoms with Crippen LogP contribution in [0.5, 0.6) is 0 Å². The predicted molar refractivity (Wildman–Crippen MR) is 37.9 cm³/mol. The molecule has 0 aliphatic rings. The summed E-state index contributed by atoms with van der Waals surface area (Å²) in [7, 11) is 0. The molecule has 13 heavy (non-hydrogen) atoms. The second kappa shape index (κ2) is 9.35. The van der Waals surface area contributed by atoms with Crippen LogP contribution in [0.3, 0.4) is 0 Å². The largest absolute Gasteiger partial charge is 1.00 e. The number of rotatable bonds is 0. The first kappa shape index (κ1) is 16.2. The summed E-state index contributed by atoms with van der Waals surface area (Å²) in [6, 6.07) is 4.31. The third-order valence-corrected chi connectivity index (χ3v) is 0.804. The Balaban J connectivity index is 0. The molecule has 0 aromatic heterocycles. The van der Waals surface area contributed by atoms with Crippen LogP contribution in [-0.4, -0.2) is 13.3 Å². The predicted octanol–water partition coefficient (Wildman–Crippen LogP) is -1.69. The summed E-state index contributed by atoms with van der Waals surface area (Å²) in [4.78, 5) is 0. The number of benzene rings is 1. The summed E-state index contributed by atoms with van der Waals surface area (Å²) >= 11 is -2.86. The normalized spacial score (nSPS) is 10.5. The Kier molecular flexibility index (Phi) is 11.7. The van der Waals surface area contributed by atoms with Gasteiger partial charge in [-0.15, -0.1) is 0 Å². The molecule has 0 fully saturated rings. The Morgan fingerprint density at radius 3 is 1.46 bits per heavy atom. The maximum Gasteiger partial charge on any atom is 1.00 e. The van der Waals surface area contributed by atoms with Crippen LogP contribution in [0.25, 0.3) is 0 Å². The van der Waals surface area contributed by atoms with Gasteiger partial charge in [0.25, 0.3) is 0 Å². The molecule has 1 unspecified atom stereocenters. The summed E-state index contributed by atoms with van der Waals surface area (Å²) in [6.45, 7) is 0. The van der Waals surface area contributed by atoms with Gasteiger partial charge >= 0.3 is 51.4 Å². The molecule has 0 radical (unpaired) electrons. The van der Waals surface area contributed by atoms with E-state index in [0.29, 0.717) is 0 Å². The fraction of sp³-hybridized carbons (Fsp3) is 0. The first-order chi connectivity index (χ1) is 5.52. The van der Waals surface area contributed by atoms with E-state index in [1.165, 1.54) is 0 Å². The van der Waals surface area contributed by atoms with Crippen molar-refractivity contribution in [2.75, 3.05) is 0 Å². The molecule has 1 rings (SSSR count). The summed E-state index contributed by atoms with van der Waals surface area (Å²) in [6.07, 6.45) is 0. The molecule has 1 N–H and O–H groups in total. The van der Waals surface area contributed by atoms with Gasteiger partial charge in [0.2, 0.25) is 0 Å². The second-order valence-electron chi connectivity index (χ2n) is 1.65. The van der Waals surface area contributed by atoms with E-state index in [2.05, 4.69) is 0 Å². The van der Waals surface area contributed by atoms with Crippen molar-refractivity contribution in [3.8, 4) is 0 Å². The van der Waals surface area contributed by atoms with Crippen molar-refractivity contribution in [3.63, 3.8) is 0 Å². The Morgan fingerprint density at radius 1 is 1.15 bits per heavy atom. The molecule has 0 saturated carbocycles. The Hall–Kier alpha value is 0.786. The van der Waals surface area contributed by atoms with Crippen LogP contribution in [0.1, 0.15) is 0 Å². The summed E-state index contributed by atoms with van der Waals surface area (Å²) in [5.41, 5.74) is 0. The van der Waals surface area contributed by atoms with Crippen molar-refractivity contribution in [2.24, 2.45) is 0 Å². The molecule has 0 bridgehead atoms.